The molecule has 3 N–H and O–H groups in total. The lowest BCUT2D eigenvalue weighted by atomic mass is 10.3. The molecule has 0 fully saturated rings. The predicted octanol–water partition coefficient (Wildman–Crippen LogP) is 1.59. The van der Waals surface area contributed by atoms with E-state index in [0.717, 1.165) is 0 Å². The molecule has 86 valence electrons. The molecule has 1 aromatic carbocycles. The molecule has 4 nitrogen and oxygen atoms in total. The van der Waals surface area contributed by atoms with Crippen LogP contribution in [0.1, 0.15) is 6.42 Å². The molecule has 0 saturated heterocycles. The SMILES string of the molecule is O=C(O)CCNC(=S)Nc1ccc(F)cc1. The second-order valence-electron chi connectivity index (χ2n) is 3.03. The fraction of sp³-hybridized carbons (Fsp3) is 0.200. The third-order valence-corrected chi connectivity index (χ3v) is 1.97. The Morgan fingerprint density at radius 1 is 1.38 bits per heavy atom. The molecule has 0 radical (unpaired) electrons. The van der Waals surface area contributed by atoms with Crippen molar-refractivity contribution in [2.75, 3.05) is 11.9 Å². The topological polar surface area (TPSA) is 61.4 Å². The largest absolute Gasteiger partial charge is 0.481 e. The maximum absolute atomic E-state index is 12.6. The molecule has 0 spiro atoms. The summed E-state index contributed by atoms with van der Waals surface area (Å²) in [5.41, 5.74) is 0.647. The molecule has 0 bridgehead atoms. The van der Waals surface area contributed by atoms with Crippen molar-refractivity contribution in [1.82, 2.24) is 5.32 Å². The van der Waals surface area contributed by atoms with E-state index in [9.17, 15) is 9.18 Å². The van der Waals surface area contributed by atoms with Crippen LogP contribution in [0.5, 0.6) is 0 Å². The number of halogens is 1. The second-order valence-corrected chi connectivity index (χ2v) is 3.44. The van der Waals surface area contributed by atoms with E-state index in [0.29, 0.717) is 10.8 Å². The maximum atomic E-state index is 12.6. The zero-order valence-corrected chi connectivity index (χ0v) is 9.18. The van der Waals surface area contributed by atoms with Crippen LogP contribution in [-0.4, -0.2) is 22.7 Å². The second kappa shape index (κ2) is 6.02. The Morgan fingerprint density at radius 3 is 2.56 bits per heavy atom. The summed E-state index contributed by atoms with van der Waals surface area (Å²) in [6, 6.07) is 5.70. The van der Waals surface area contributed by atoms with E-state index in [1.54, 1.807) is 12.1 Å². The van der Waals surface area contributed by atoms with Gasteiger partial charge in [-0.2, -0.15) is 0 Å². The van der Waals surface area contributed by atoms with Gasteiger partial charge in [-0.3, -0.25) is 4.79 Å². The van der Waals surface area contributed by atoms with Crippen molar-refractivity contribution in [1.29, 1.82) is 0 Å². The summed E-state index contributed by atoms with van der Waals surface area (Å²) >= 11 is 4.91. The normalized spacial score (nSPS) is 9.56. The average molecular weight is 242 g/mol. The first-order chi connectivity index (χ1) is 7.58. The highest BCUT2D eigenvalue weighted by Gasteiger charge is 1.99. The molecule has 0 unspecified atom stereocenters. The van der Waals surface area contributed by atoms with Crippen LogP contribution < -0.4 is 10.6 Å². The number of aliphatic carboxylic acids is 1. The van der Waals surface area contributed by atoms with Crippen molar-refractivity contribution in [2.24, 2.45) is 0 Å². The monoisotopic (exact) mass is 242 g/mol. The molecule has 1 aromatic rings. The summed E-state index contributed by atoms with van der Waals surface area (Å²) in [4.78, 5) is 10.2. The summed E-state index contributed by atoms with van der Waals surface area (Å²) in [7, 11) is 0. The third-order valence-electron chi connectivity index (χ3n) is 1.73. The van der Waals surface area contributed by atoms with Gasteiger partial charge in [-0.15, -0.1) is 0 Å². The van der Waals surface area contributed by atoms with Crippen LogP contribution in [0.15, 0.2) is 24.3 Å². The lowest BCUT2D eigenvalue weighted by Crippen LogP contribution is -2.30. The quantitative estimate of drug-likeness (QED) is 0.700. The number of carbonyl (C=O) groups is 1. The van der Waals surface area contributed by atoms with Gasteiger partial charge >= 0.3 is 5.97 Å². The molecule has 0 aromatic heterocycles. The molecular weight excluding hydrogens is 231 g/mol. The van der Waals surface area contributed by atoms with Crippen molar-refractivity contribution < 1.29 is 14.3 Å². The van der Waals surface area contributed by atoms with Crippen LogP contribution in [-0.2, 0) is 4.79 Å². The molecule has 0 atom stereocenters. The van der Waals surface area contributed by atoms with Gasteiger partial charge in [0, 0.05) is 12.2 Å². The van der Waals surface area contributed by atoms with Gasteiger partial charge in [0.25, 0.3) is 0 Å². The van der Waals surface area contributed by atoms with Crippen LogP contribution in [0.25, 0.3) is 0 Å². The van der Waals surface area contributed by atoms with E-state index >= 15 is 0 Å². The fourth-order valence-electron chi connectivity index (χ4n) is 0.991. The molecule has 0 aliphatic rings. The summed E-state index contributed by atoms with van der Waals surface area (Å²) in [6.45, 7) is 0.252. The van der Waals surface area contributed by atoms with Gasteiger partial charge < -0.3 is 15.7 Å². The number of thiocarbonyl (C=S) groups is 1. The van der Waals surface area contributed by atoms with Crippen LogP contribution in [0, 0.1) is 5.82 Å². The first-order valence-corrected chi connectivity index (χ1v) is 5.01. The Balaban J connectivity index is 2.34. The standard InChI is InChI=1S/C10H11FN2O2S/c11-7-1-3-8(4-2-7)13-10(16)12-6-5-9(14)15/h1-4H,5-6H2,(H,14,15)(H2,12,13,16). The summed E-state index contributed by atoms with van der Waals surface area (Å²) in [5, 5.41) is 14.2. The Kier molecular flexibility index (Phi) is 4.65. The molecule has 0 aliphatic carbocycles. The Labute approximate surface area is 97.5 Å². The van der Waals surface area contributed by atoms with Crippen molar-refractivity contribution >= 4 is 29.0 Å². The minimum absolute atomic E-state index is 0.00869. The minimum Gasteiger partial charge on any atom is -0.481 e. The van der Waals surface area contributed by atoms with Crippen molar-refractivity contribution in [3.63, 3.8) is 0 Å². The fourth-order valence-corrected chi connectivity index (χ4v) is 1.21. The Bertz CT molecular complexity index is 381. The van der Waals surface area contributed by atoms with E-state index in [1.165, 1.54) is 12.1 Å². The zero-order chi connectivity index (χ0) is 12.0. The number of nitrogens with one attached hydrogen (secondary N) is 2. The molecule has 0 aliphatic heterocycles. The molecule has 0 amide bonds. The number of benzene rings is 1. The van der Waals surface area contributed by atoms with Gasteiger partial charge in [0.15, 0.2) is 5.11 Å². The van der Waals surface area contributed by atoms with E-state index in [1.807, 2.05) is 0 Å². The molecule has 0 heterocycles. The first kappa shape index (κ1) is 12.4. The number of carboxylic acid groups (broad SMARTS) is 1. The molecule has 1 rings (SSSR count). The zero-order valence-electron chi connectivity index (χ0n) is 8.37. The van der Waals surface area contributed by atoms with Crippen molar-refractivity contribution in [2.45, 2.75) is 6.42 Å². The smallest absolute Gasteiger partial charge is 0.305 e. The molecular formula is C10H11FN2O2S. The van der Waals surface area contributed by atoms with Gasteiger partial charge in [0.1, 0.15) is 5.82 Å². The van der Waals surface area contributed by atoms with Gasteiger partial charge in [-0.25, -0.2) is 4.39 Å². The van der Waals surface area contributed by atoms with Gasteiger partial charge in [0.2, 0.25) is 0 Å². The van der Waals surface area contributed by atoms with E-state index in [-0.39, 0.29) is 18.8 Å². The lowest BCUT2D eigenvalue weighted by Gasteiger charge is -2.09. The minimum atomic E-state index is -0.892. The molecule has 0 saturated carbocycles. The van der Waals surface area contributed by atoms with Gasteiger partial charge in [-0.05, 0) is 36.5 Å². The number of carboxylic acids is 1. The first-order valence-electron chi connectivity index (χ1n) is 4.60. The maximum Gasteiger partial charge on any atom is 0.305 e. The van der Waals surface area contributed by atoms with Crippen LogP contribution in [0.2, 0.25) is 0 Å². The number of rotatable bonds is 4. The predicted molar refractivity (Wildman–Crippen MR) is 62.9 cm³/mol. The van der Waals surface area contributed by atoms with E-state index < -0.39 is 5.97 Å². The van der Waals surface area contributed by atoms with E-state index in [4.69, 9.17) is 17.3 Å². The highest BCUT2D eigenvalue weighted by atomic mass is 32.1. The number of hydrogen-bond acceptors (Lipinski definition) is 2. The van der Waals surface area contributed by atoms with Gasteiger partial charge in [0.05, 0.1) is 6.42 Å². The Morgan fingerprint density at radius 2 is 2.00 bits per heavy atom. The van der Waals surface area contributed by atoms with Gasteiger partial charge in [-0.1, -0.05) is 0 Å². The van der Waals surface area contributed by atoms with E-state index in [2.05, 4.69) is 10.6 Å². The number of anilines is 1. The van der Waals surface area contributed by atoms with Crippen molar-refractivity contribution in [3.8, 4) is 0 Å². The highest BCUT2D eigenvalue weighted by molar-refractivity contribution is 7.80. The molecule has 6 heteroatoms. The van der Waals surface area contributed by atoms with Crippen LogP contribution in [0.4, 0.5) is 10.1 Å². The summed E-state index contributed by atoms with van der Waals surface area (Å²) < 4.78 is 12.6. The number of hydrogen-bond donors (Lipinski definition) is 3. The summed E-state index contributed by atoms with van der Waals surface area (Å²) in [5.74, 6) is -1.22. The van der Waals surface area contributed by atoms with Crippen molar-refractivity contribution in [3.05, 3.63) is 30.1 Å². The third kappa shape index (κ3) is 4.70. The average Bonchev–Trinajstić information content (AvgIpc) is 2.21. The lowest BCUT2D eigenvalue weighted by molar-refractivity contribution is -0.136. The highest BCUT2D eigenvalue weighted by Crippen LogP contribution is 2.07. The Hall–Kier alpha value is -1.69. The van der Waals surface area contributed by atoms with Crippen LogP contribution in [0.3, 0.4) is 0 Å². The summed E-state index contributed by atoms with van der Waals surface area (Å²) in [6.07, 6.45) is -0.00869. The molecule has 16 heavy (non-hydrogen) atoms. The van der Waals surface area contributed by atoms with Crippen LogP contribution >= 0.6 is 12.2 Å².